The van der Waals surface area contributed by atoms with Crippen LogP contribution in [0.1, 0.15) is 15.9 Å². The summed E-state index contributed by atoms with van der Waals surface area (Å²) < 4.78 is 5.25. The van der Waals surface area contributed by atoms with E-state index in [2.05, 4.69) is 15.5 Å². The maximum absolute atomic E-state index is 12.3. The molecule has 8 heteroatoms. The molecule has 23 heavy (non-hydrogen) atoms. The van der Waals surface area contributed by atoms with Gasteiger partial charge in [-0.1, -0.05) is 23.9 Å². The van der Waals surface area contributed by atoms with E-state index >= 15 is 0 Å². The number of carbonyl (C=O) groups excluding carboxylic acids is 2. The van der Waals surface area contributed by atoms with Crippen molar-refractivity contribution in [3.8, 4) is 0 Å². The number of thioether (sulfide) groups is 1. The summed E-state index contributed by atoms with van der Waals surface area (Å²) in [5, 5.41) is 11.0. The Kier molecular flexibility index (Phi) is 5.04. The van der Waals surface area contributed by atoms with E-state index in [1.165, 1.54) is 11.8 Å². The van der Waals surface area contributed by atoms with E-state index < -0.39 is 0 Å². The summed E-state index contributed by atoms with van der Waals surface area (Å²) in [4.78, 5) is 25.1. The molecule has 3 rings (SSSR count). The number of ether oxygens (including phenoxy) is 1. The number of nitrogens with zero attached hydrogens (tertiary/aromatic N) is 3. The predicted octanol–water partition coefficient (Wildman–Crippen LogP) is 0.712. The normalized spacial score (nSPS) is 20.3. The Balaban J connectivity index is 1.60. The molecule has 0 unspecified atom stereocenters. The lowest BCUT2D eigenvalue weighted by molar-refractivity contribution is -0.116. The highest BCUT2D eigenvalue weighted by molar-refractivity contribution is 8.15. The van der Waals surface area contributed by atoms with Crippen LogP contribution in [0.15, 0.2) is 34.5 Å². The number of benzene rings is 1. The van der Waals surface area contributed by atoms with E-state index in [1.807, 2.05) is 12.1 Å². The summed E-state index contributed by atoms with van der Waals surface area (Å²) in [6.07, 6.45) is 1.58. The van der Waals surface area contributed by atoms with Crippen LogP contribution in [-0.2, 0) is 9.53 Å². The fourth-order valence-electron chi connectivity index (χ4n) is 2.19. The highest BCUT2D eigenvalue weighted by Crippen LogP contribution is 2.10. The predicted molar refractivity (Wildman–Crippen MR) is 88.8 cm³/mol. The van der Waals surface area contributed by atoms with Crippen molar-refractivity contribution in [1.82, 2.24) is 10.2 Å². The van der Waals surface area contributed by atoms with Crippen LogP contribution < -0.4 is 5.32 Å². The Bertz CT molecular complexity index is 651. The fraction of sp³-hybridized carbons (Fsp3) is 0.333. The number of carbonyl (C=O) groups is 2. The molecule has 7 nitrogen and oxygen atoms in total. The molecule has 0 bridgehead atoms. The summed E-state index contributed by atoms with van der Waals surface area (Å²) >= 11 is 1.32. The minimum Gasteiger partial charge on any atom is -0.378 e. The number of amides is 2. The molecule has 2 amide bonds. The van der Waals surface area contributed by atoms with Crippen LogP contribution in [0.5, 0.6) is 0 Å². The lowest BCUT2D eigenvalue weighted by Gasteiger charge is -2.26. The highest BCUT2D eigenvalue weighted by atomic mass is 32.2. The van der Waals surface area contributed by atoms with Gasteiger partial charge >= 0.3 is 0 Å². The lowest BCUT2D eigenvalue weighted by Crippen LogP contribution is -2.40. The molecule has 0 atom stereocenters. The molecule has 2 aliphatic rings. The van der Waals surface area contributed by atoms with Gasteiger partial charge in [0.2, 0.25) is 5.91 Å². The molecule has 1 aromatic rings. The highest BCUT2D eigenvalue weighted by Gasteiger charge is 2.18. The van der Waals surface area contributed by atoms with Gasteiger partial charge in [-0.25, -0.2) is 0 Å². The molecule has 0 spiro atoms. The molecule has 2 heterocycles. The van der Waals surface area contributed by atoms with Gasteiger partial charge in [0.25, 0.3) is 5.91 Å². The molecule has 2 saturated heterocycles. The second kappa shape index (κ2) is 7.38. The summed E-state index contributed by atoms with van der Waals surface area (Å²) in [7, 11) is 0. The van der Waals surface area contributed by atoms with Gasteiger partial charge in [-0.2, -0.15) is 5.10 Å². The maximum Gasteiger partial charge on any atom is 0.254 e. The summed E-state index contributed by atoms with van der Waals surface area (Å²) in [5.41, 5.74) is 1.48. The molecule has 0 saturated carbocycles. The Hall–Kier alpha value is -2.19. The van der Waals surface area contributed by atoms with E-state index in [9.17, 15) is 9.59 Å². The van der Waals surface area contributed by atoms with Crippen molar-refractivity contribution in [2.24, 2.45) is 10.2 Å². The van der Waals surface area contributed by atoms with Crippen LogP contribution in [0.25, 0.3) is 0 Å². The number of rotatable bonds is 3. The second-order valence-corrected chi connectivity index (χ2v) is 5.98. The van der Waals surface area contributed by atoms with Crippen LogP contribution in [0, 0.1) is 0 Å². The standard InChI is InChI=1S/C15H16N4O3S/c20-13-10-23-15(17-13)18-16-9-11-1-3-12(4-2-11)14(21)19-5-7-22-8-6-19/h1-4,9H,5-8,10H2,(H,17,18,20). The molecule has 0 radical (unpaired) electrons. The number of amidine groups is 1. The van der Waals surface area contributed by atoms with E-state index in [4.69, 9.17) is 4.74 Å². The van der Waals surface area contributed by atoms with Crippen LogP contribution in [0.3, 0.4) is 0 Å². The van der Waals surface area contributed by atoms with Crippen molar-refractivity contribution in [3.63, 3.8) is 0 Å². The quantitative estimate of drug-likeness (QED) is 0.653. The van der Waals surface area contributed by atoms with E-state index in [1.54, 1.807) is 23.2 Å². The van der Waals surface area contributed by atoms with E-state index in [0.29, 0.717) is 42.8 Å². The van der Waals surface area contributed by atoms with Crippen molar-refractivity contribution < 1.29 is 14.3 Å². The Morgan fingerprint density at radius 1 is 1.26 bits per heavy atom. The number of nitrogens with one attached hydrogen (secondary N) is 1. The largest absolute Gasteiger partial charge is 0.378 e. The zero-order valence-electron chi connectivity index (χ0n) is 12.4. The first-order chi connectivity index (χ1) is 11.2. The van der Waals surface area contributed by atoms with Crippen molar-refractivity contribution in [1.29, 1.82) is 0 Å². The van der Waals surface area contributed by atoms with E-state index in [-0.39, 0.29) is 11.8 Å². The zero-order valence-corrected chi connectivity index (χ0v) is 13.2. The smallest absolute Gasteiger partial charge is 0.254 e. The van der Waals surface area contributed by atoms with Gasteiger partial charge in [-0.15, -0.1) is 5.10 Å². The third kappa shape index (κ3) is 4.17. The van der Waals surface area contributed by atoms with Crippen LogP contribution in [0.2, 0.25) is 0 Å². The molecular formula is C15H16N4O3S. The monoisotopic (exact) mass is 332 g/mol. The Morgan fingerprint density at radius 2 is 2.00 bits per heavy atom. The Morgan fingerprint density at radius 3 is 2.65 bits per heavy atom. The second-order valence-electron chi connectivity index (χ2n) is 5.01. The molecule has 120 valence electrons. The zero-order chi connectivity index (χ0) is 16.1. The van der Waals surface area contributed by atoms with Crippen LogP contribution in [-0.4, -0.2) is 60.2 Å². The molecule has 2 aliphatic heterocycles. The third-order valence-corrected chi connectivity index (χ3v) is 4.26. The lowest BCUT2D eigenvalue weighted by atomic mass is 10.1. The van der Waals surface area contributed by atoms with Crippen LogP contribution in [0.4, 0.5) is 0 Å². The Labute approximate surface area is 137 Å². The molecular weight excluding hydrogens is 316 g/mol. The average molecular weight is 332 g/mol. The summed E-state index contributed by atoms with van der Waals surface area (Å²) in [5.74, 6) is 0.337. The van der Waals surface area contributed by atoms with Crippen molar-refractivity contribution in [3.05, 3.63) is 35.4 Å². The van der Waals surface area contributed by atoms with Crippen molar-refractivity contribution >= 4 is 35.0 Å². The van der Waals surface area contributed by atoms with Crippen molar-refractivity contribution in [2.75, 3.05) is 32.1 Å². The van der Waals surface area contributed by atoms with Gasteiger partial charge < -0.3 is 15.0 Å². The first-order valence-electron chi connectivity index (χ1n) is 7.23. The molecule has 1 aromatic carbocycles. The van der Waals surface area contributed by atoms with Gasteiger partial charge in [0, 0.05) is 18.7 Å². The number of morpholine rings is 1. The fourth-order valence-corrected chi connectivity index (χ4v) is 2.82. The summed E-state index contributed by atoms with van der Waals surface area (Å²) in [6, 6.07) is 7.19. The van der Waals surface area contributed by atoms with Crippen molar-refractivity contribution in [2.45, 2.75) is 0 Å². The SMILES string of the molecule is O=C1CSC(=NN=Cc2ccc(C(=O)N3CCOCC3)cc2)N1. The first kappa shape index (κ1) is 15.7. The average Bonchev–Trinajstić information content (AvgIpc) is 3.01. The van der Waals surface area contributed by atoms with Crippen LogP contribution >= 0.6 is 11.8 Å². The van der Waals surface area contributed by atoms with Gasteiger partial charge in [-0.3, -0.25) is 9.59 Å². The topological polar surface area (TPSA) is 83.4 Å². The number of hydrogen-bond acceptors (Lipinski definition) is 6. The van der Waals surface area contributed by atoms with Gasteiger partial charge in [0.05, 0.1) is 25.2 Å². The maximum atomic E-state index is 12.3. The summed E-state index contributed by atoms with van der Waals surface area (Å²) in [6.45, 7) is 2.43. The third-order valence-electron chi connectivity index (χ3n) is 3.40. The minimum atomic E-state index is -0.0603. The van der Waals surface area contributed by atoms with E-state index in [0.717, 1.165) is 5.56 Å². The molecule has 0 aromatic heterocycles. The molecule has 1 N–H and O–H groups in total. The minimum absolute atomic E-state index is 0.0158. The first-order valence-corrected chi connectivity index (χ1v) is 8.22. The van der Waals surface area contributed by atoms with Gasteiger partial charge in [0.1, 0.15) is 0 Å². The molecule has 2 fully saturated rings. The molecule has 0 aliphatic carbocycles. The van der Waals surface area contributed by atoms with Gasteiger partial charge in [-0.05, 0) is 17.7 Å². The van der Waals surface area contributed by atoms with Gasteiger partial charge in [0.15, 0.2) is 5.17 Å². The number of hydrogen-bond donors (Lipinski definition) is 1.